The lowest BCUT2D eigenvalue weighted by Gasteiger charge is -2.33. The van der Waals surface area contributed by atoms with Gasteiger partial charge in [-0.05, 0) is 42.2 Å². The molecule has 3 amide bonds. The first-order valence-corrected chi connectivity index (χ1v) is 10.3. The molecule has 2 aromatic carbocycles. The number of nitrogens with two attached hydrogens (primary N) is 2. The van der Waals surface area contributed by atoms with Crippen LogP contribution in [-0.4, -0.2) is 42.5 Å². The largest absolute Gasteiger partial charge is 0.381 e. The maximum Gasteiger partial charge on any atom is 0.258 e. The zero-order chi connectivity index (χ0) is 22.0. The standard InChI is InChI=1S/C23H26N4O4/c24-20(28)19(26-22(30)23(25)8-10-31-11-9-23)13-15-6-7-16-14-27(21(29)18(16)12-15)17-4-2-1-3-5-17/h1-7,12,19H,8-11,13-14,25H2,(H2,24,28)(H,26,30)/t19-/m0/s1. The van der Waals surface area contributed by atoms with E-state index in [1.807, 2.05) is 42.5 Å². The smallest absolute Gasteiger partial charge is 0.258 e. The number of para-hydroxylation sites is 1. The Morgan fingerprint density at radius 1 is 1.13 bits per heavy atom. The second-order valence-electron chi connectivity index (χ2n) is 8.12. The number of benzene rings is 2. The van der Waals surface area contributed by atoms with Crippen molar-refractivity contribution < 1.29 is 19.1 Å². The Morgan fingerprint density at radius 3 is 2.52 bits per heavy atom. The summed E-state index contributed by atoms with van der Waals surface area (Å²) in [6, 6.07) is 14.1. The molecule has 2 aromatic rings. The summed E-state index contributed by atoms with van der Waals surface area (Å²) in [5, 5.41) is 2.70. The fourth-order valence-electron chi connectivity index (χ4n) is 4.01. The van der Waals surface area contributed by atoms with Crippen molar-refractivity contribution in [1.82, 2.24) is 5.32 Å². The quantitative estimate of drug-likeness (QED) is 0.636. The van der Waals surface area contributed by atoms with E-state index in [4.69, 9.17) is 16.2 Å². The number of hydrogen-bond acceptors (Lipinski definition) is 5. The van der Waals surface area contributed by atoms with Crippen LogP contribution >= 0.6 is 0 Å². The van der Waals surface area contributed by atoms with Gasteiger partial charge in [-0.3, -0.25) is 14.4 Å². The van der Waals surface area contributed by atoms with E-state index in [9.17, 15) is 14.4 Å². The molecule has 162 valence electrons. The Balaban J connectivity index is 1.49. The molecule has 1 atom stereocenters. The summed E-state index contributed by atoms with van der Waals surface area (Å²) in [5.74, 6) is -1.15. The van der Waals surface area contributed by atoms with Gasteiger partial charge in [0.2, 0.25) is 11.8 Å². The van der Waals surface area contributed by atoms with Gasteiger partial charge in [0.1, 0.15) is 6.04 Å². The molecule has 4 rings (SSSR count). The fraction of sp³-hybridized carbons (Fsp3) is 0.348. The Bertz CT molecular complexity index is 1000. The molecule has 8 heteroatoms. The molecule has 0 aliphatic carbocycles. The van der Waals surface area contributed by atoms with Crippen LogP contribution in [0.5, 0.6) is 0 Å². The Kier molecular flexibility index (Phi) is 5.75. The second kappa shape index (κ2) is 8.49. The summed E-state index contributed by atoms with van der Waals surface area (Å²) in [6.45, 7) is 1.29. The lowest BCUT2D eigenvalue weighted by atomic mass is 9.89. The van der Waals surface area contributed by atoms with Crippen LogP contribution in [0, 0.1) is 0 Å². The molecule has 0 saturated carbocycles. The number of amides is 3. The maximum atomic E-state index is 12.9. The van der Waals surface area contributed by atoms with Gasteiger partial charge < -0.3 is 26.4 Å². The minimum absolute atomic E-state index is 0.0918. The Labute approximate surface area is 180 Å². The molecule has 1 saturated heterocycles. The van der Waals surface area contributed by atoms with E-state index in [-0.39, 0.29) is 12.3 Å². The van der Waals surface area contributed by atoms with Crippen LogP contribution in [0.1, 0.15) is 34.3 Å². The zero-order valence-corrected chi connectivity index (χ0v) is 17.2. The van der Waals surface area contributed by atoms with Crippen LogP contribution in [0.15, 0.2) is 48.5 Å². The average Bonchev–Trinajstić information content (AvgIpc) is 3.10. The number of carbonyl (C=O) groups is 3. The number of rotatable bonds is 6. The first kappa shape index (κ1) is 21.0. The minimum Gasteiger partial charge on any atom is -0.381 e. The third-order valence-corrected chi connectivity index (χ3v) is 5.97. The molecule has 0 spiro atoms. The van der Waals surface area contributed by atoms with E-state index in [0.29, 0.717) is 38.2 Å². The second-order valence-corrected chi connectivity index (χ2v) is 8.12. The molecule has 1 fully saturated rings. The minimum atomic E-state index is -1.07. The zero-order valence-electron chi connectivity index (χ0n) is 17.2. The van der Waals surface area contributed by atoms with Gasteiger partial charge in [-0.25, -0.2) is 0 Å². The molecule has 2 aliphatic heterocycles. The van der Waals surface area contributed by atoms with Gasteiger partial charge in [-0.1, -0.05) is 30.3 Å². The first-order valence-electron chi connectivity index (χ1n) is 10.3. The van der Waals surface area contributed by atoms with Crippen molar-refractivity contribution in [1.29, 1.82) is 0 Å². The molecule has 31 heavy (non-hydrogen) atoms. The van der Waals surface area contributed by atoms with Crippen LogP contribution in [0.25, 0.3) is 0 Å². The highest BCUT2D eigenvalue weighted by atomic mass is 16.5. The van der Waals surface area contributed by atoms with Crippen LogP contribution in [-0.2, 0) is 27.3 Å². The molecule has 0 radical (unpaired) electrons. The number of hydrogen-bond donors (Lipinski definition) is 3. The third kappa shape index (κ3) is 4.30. The van der Waals surface area contributed by atoms with Crippen molar-refractivity contribution in [3.05, 3.63) is 65.2 Å². The van der Waals surface area contributed by atoms with Crippen molar-refractivity contribution >= 4 is 23.4 Å². The predicted octanol–water partition coefficient (Wildman–Crippen LogP) is 0.867. The summed E-state index contributed by atoms with van der Waals surface area (Å²) in [7, 11) is 0. The molecular weight excluding hydrogens is 396 g/mol. The molecule has 8 nitrogen and oxygen atoms in total. The number of carbonyl (C=O) groups excluding carboxylic acids is 3. The Morgan fingerprint density at radius 2 is 1.84 bits per heavy atom. The van der Waals surface area contributed by atoms with Crippen LogP contribution in [0.2, 0.25) is 0 Å². The number of ether oxygens (including phenoxy) is 1. The highest BCUT2D eigenvalue weighted by Crippen LogP contribution is 2.29. The van der Waals surface area contributed by atoms with E-state index in [1.54, 1.807) is 11.0 Å². The molecule has 0 aromatic heterocycles. The van der Waals surface area contributed by atoms with Gasteiger partial charge in [0.15, 0.2) is 0 Å². The third-order valence-electron chi connectivity index (χ3n) is 5.97. The lowest BCUT2D eigenvalue weighted by molar-refractivity contribution is -0.133. The monoisotopic (exact) mass is 422 g/mol. The summed E-state index contributed by atoms with van der Waals surface area (Å²) in [4.78, 5) is 39.4. The number of anilines is 1. The SMILES string of the molecule is NC(=O)[C@H](Cc1ccc2c(c1)C(=O)N(c1ccccc1)C2)NC(=O)C1(N)CCOCC1. The van der Waals surface area contributed by atoms with E-state index in [1.165, 1.54) is 0 Å². The van der Waals surface area contributed by atoms with E-state index >= 15 is 0 Å². The van der Waals surface area contributed by atoms with Crippen LogP contribution in [0.4, 0.5) is 5.69 Å². The van der Waals surface area contributed by atoms with Gasteiger partial charge in [0, 0.05) is 30.9 Å². The maximum absolute atomic E-state index is 12.9. The van der Waals surface area contributed by atoms with Crippen LogP contribution in [0.3, 0.4) is 0 Å². The topological polar surface area (TPSA) is 128 Å². The van der Waals surface area contributed by atoms with Gasteiger partial charge >= 0.3 is 0 Å². The summed E-state index contributed by atoms with van der Waals surface area (Å²) < 4.78 is 5.27. The highest BCUT2D eigenvalue weighted by Gasteiger charge is 2.37. The predicted molar refractivity (Wildman–Crippen MR) is 115 cm³/mol. The summed E-state index contributed by atoms with van der Waals surface area (Å²) in [6.07, 6.45) is 0.944. The normalized spacial score (nSPS) is 18.4. The van der Waals surface area contributed by atoms with Crippen molar-refractivity contribution in [2.75, 3.05) is 18.1 Å². The number of nitrogens with zero attached hydrogens (tertiary/aromatic N) is 1. The number of nitrogens with one attached hydrogen (secondary N) is 1. The number of fused-ring (bicyclic) bond motifs is 1. The van der Waals surface area contributed by atoms with Gasteiger partial charge in [-0.2, -0.15) is 0 Å². The molecule has 2 heterocycles. The Hall–Kier alpha value is -3.23. The average molecular weight is 422 g/mol. The van der Waals surface area contributed by atoms with Gasteiger partial charge in [-0.15, -0.1) is 0 Å². The first-order chi connectivity index (χ1) is 14.9. The highest BCUT2D eigenvalue weighted by molar-refractivity contribution is 6.10. The van der Waals surface area contributed by atoms with Crippen molar-refractivity contribution in [2.24, 2.45) is 11.5 Å². The summed E-state index contributed by atoms with van der Waals surface area (Å²) >= 11 is 0. The van der Waals surface area contributed by atoms with E-state index in [2.05, 4.69) is 5.32 Å². The molecule has 5 N–H and O–H groups in total. The van der Waals surface area contributed by atoms with Crippen molar-refractivity contribution in [3.63, 3.8) is 0 Å². The fourth-order valence-corrected chi connectivity index (χ4v) is 4.01. The lowest BCUT2D eigenvalue weighted by Crippen LogP contribution is -2.60. The van der Waals surface area contributed by atoms with E-state index < -0.39 is 23.4 Å². The summed E-state index contributed by atoms with van der Waals surface area (Å²) in [5.41, 5.74) is 13.8. The molecule has 2 aliphatic rings. The van der Waals surface area contributed by atoms with Crippen molar-refractivity contribution in [2.45, 2.75) is 37.4 Å². The van der Waals surface area contributed by atoms with Gasteiger partial charge in [0.25, 0.3) is 5.91 Å². The molecule has 0 unspecified atom stereocenters. The van der Waals surface area contributed by atoms with Gasteiger partial charge in [0.05, 0.1) is 12.1 Å². The van der Waals surface area contributed by atoms with Crippen molar-refractivity contribution in [3.8, 4) is 0 Å². The van der Waals surface area contributed by atoms with Crippen LogP contribution < -0.4 is 21.7 Å². The van der Waals surface area contributed by atoms with E-state index in [0.717, 1.165) is 16.8 Å². The molecular formula is C23H26N4O4. The number of primary amides is 1. The molecule has 0 bridgehead atoms.